The maximum atomic E-state index is 11.5. The van der Waals surface area contributed by atoms with E-state index in [9.17, 15) is 4.79 Å². The molecule has 1 aromatic carbocycles. The molecule has 2 N–H and O–H groups in total. The Morgan fingerprint density at radius 3 is 2.61 bits per heavy atom. The zero-order chi connectivity index (χ0) is 12.1. The van der Waals surface area contributed by atoms with Crippen molar-refractivity contribution in [2.75, 3.05) is 26.2 Å². The van der Waals surface area contributed by atoms with E-state index >= 15 is 0 Å². The molecule has 0 atom stereocenters. The minimum atomic E-state index is 0. The van der Waals surface area contributed by atoms with Crippen LogP contribution >= 0.6 is 12.4 Å². The normalized spacial score (nSPS) is 14.3. The summed E-state index contributed by atoms with van der Waals surface area (Å²) in [4.78, 5) is 11.5. The number of amides is 1. The molecule has 1 fully saturated rings. The summed E-state index contributed by atoms with van der Waals surface area (Å²) in [7, 11) is 0. The Labute approximate surface area is 114 Å². The van der Waals surface area contributed by atoms with Gasteiger partial charge in [0.05, 0.1) is 12.5 Å². The number of hydrogen-bond acceptors (Lipinski definition) is 3. The number of nitrogens with one attached hydrogen (secondary N) is 2. The van der Waals surface area contributed by atoms with E-state index in [0.717, 1.165) is 18.8 Å². The van der Waals surface area contributed by atoms with Crippen molar-refractivity contribution in [3.05, 3.63) is 29.8 Å². The summed E-state index contributed by atoms with van der Waals surface area (Å²) in [6.45, 7) is 4.70. The van der Waals surface area contributed by atoms with Crippen molar-refractivity contribution in [1.82, 2.24) is 10.6 Å². The SMILES string of the molecule is Cc1ccc(OCCNC(=O)C2CNC2)cc1.Cl. The van der Waals surface area contributed by atoms with Crippen LogP contribution in [0.1, 0.15) is 5.56 Å². The first-order valence-corrected chi connectivity index (χ1v) is 5.93. The Morgan fingerprint density at radius 1 is 1.39 bits per heavy atom. The smallest absolute Gasteiger partial charge is 0.225 e. The highest BCUT2D eigenvalue weighted by Gasteiger charge is 2.23. The van der Waals surface area contributed by atoms with Gasteiger partial charge in [0.2, 0.25) is 5.91 Å². The van der Waals surface area contributed by atoms with Crippen LogP contribution in [-0.4, -0.2) is 32.1 Å². The molecule has 100 valence electrons. The molecule has 4 nitrogen and oxygen atoms in total. The molecule has 1 saturated heterocycles. The van der Waals surface area contributed by atoms with Gasteiger partial charge < -0.3 is 15.4 Å². The van der Waals surface area contributed by atoms with Gasteiger partial charge in [-0.1, -0.05) is 17.7 Å². The molecule has 0 saturated carbocycles. The van der Waals surface area contributed by atoms with Crippen molar-refractivity contribution >= 4 is 18.3 Å². The number of halogens is 1. The van der Waals surface area contributed by atoms with Gasteiger partial charge in [-0.25, -0.2) is 0 Å². The summed E-state index contributed by atoms with van der Waals surface area (Å²) in [6, 6.07) is 7.89. The maximum Gasteiger partial charge on any atom is 0.225 e. The Balaban J connectivity index is 0.00000162. The van der Waals surface area contributed by atoms with E-state index < -0.39 is 0 Å². The third kappa shape index (κ3) is 4.20. The predicted molar refractivity (Wildman–Crippen MR) is 73.3 cm³/mol. The monoisotopic (exact) mass is 270 g/mol. The van der Waals surface area contributed by atoms with Crippen molar-refractivity contribution in [3.8, 4) is 5.75 Å². The summed E-state index contributed by atoms with van der Waals surface area (Å²) in [5, 5.41) is 5.93. The molecule has 0 spiro atoms. The zero-order valence-electron chi connectivity index (χ0n) is 10.4. The second-order valence-corrected chi connectivity index (χ2v) is 4.31. The molecule has 1 amide bonds. The molecular weight excluding hydrogens is 252 g/mol. The van der Waals surface area contributed by atoms with Gasteiger partial charge in [0.15, 0.2) is 0 Å². The number of aryl methyl sites for hydroxylation is 1. The van der Waals surface area contributed by atoms with Crippen molar-refractivity contribution in [1.29, 1.82) is 0 Å². The Kier molecular flexibility index (Phi) is 5.95. The number of carbonyl (C=O) groups excluding carboxylic acids is 1. The first-order valence-electron chi connectivity index (χ1n) is 5.93. The highest BCUT2D eigenvalue weighted by atomic mass is 35.5. The van der Waals surface area contributed by atoms with Gasteiger partial charge in [0.1, 0.15) is 12.4 Å². The summed E-state index contributed by atoms with van der Waals surface area (Å²) in [6.07, 6.45) is 0. The van der Waals surface area contributed by atoms with E-state index in [2.05, 4.69) is 10.6 Å². The molecule has 2 rings (SSSR count). The number of carbonyl (C=O) groups is 1. The van der Waals surface area contributed by atoms with Crippen molar-refractivity contribution in [3.63, 3.8) is 0 Å². The third-order valence-corrected chi connectivity index (χ3v) is 2.84. The second kappa shape index (κ2) is 7.24. The van der Waals surface area contributed by atoms with Crippen LogP contribution in [0, 0.1) is 12.8 Å². The molecule has 1 aliphatic heterocycles. The van der Waals surface area contributed by atoms with Gasteiger partial charge in [-0.05, 0) is 19.1 Å². The molecule has 0 aliphatic carbocycles. The number of ether oxygens (including phenoxy) is 1. The summed E-state index contributed by atoms with van der Waals surface area (Å²) in [5.41, 5.74) is 1.21. The molecular formula is C13H19ClN2O2. The maximum absolute atomic E-state index is 11.5. The molecule has 5 heteroatoms. The van der Waals surface area contributed by atoms with Gasteiger partial charge in [0, 0.05) is 13.1 Å². The molecule has 0 unspecified atom stereocenters. The molecule has 1 aromatic rings. The fourth-order valence-corrected chi connectivity index (χ4v) is 1.60. The fourth-order valence-electron chi connectivity index (χ4n) is 1.60. The van der Waals surface area contributed by atoms with Crippen molar-refractivity contribution < 1.29 is 9.53 Å². The summed E-state index contributed by atoms with van der Waals surface area (Å²) < 4.78 is 5.51. The molecule has 1 heterocycles. The average Bonchev–Trinajstić information content (AvgIpc) is 2.24. The predicted octanol–water partition coefficient (Wildman–Crippen LogP) is 1.13. The quantitative estimate of drug-likeness (QED) is 0.789. The number of benzene rings is 1. The lowest BCUT2D eigenvalue weighted by atomic mass is 10.0. The zero-order valence-corrected chi connectivity index (χ0v) is 11.3. The highest BCUT2D eigenvalue weighted by Crippen LogP contribution is 2.10. The van der Waals surface area contributed by atoms with Crippen LogP contribution in [0.3, 0.4) is 0 Å². The molecule has 0 aromatic heterocycles. The molecule has 0 bridgehead atoms. The van der Waals surface area contributed by atoms with E-state index in [4.69, 9.17) is 4.74 Å². The molecule has 1 aliphatic rings. The Morgan fingerprint density at radius 2 is 2.06 bits per heavy atom. The lowest BCUT2D eigenvalue weighted by Gasteiger charge is -2.25. The van der Waals surface area contributed by atoms with Crippen LogP contribution in [-0.2, 0) is 4.79 Å². The van der Waals surface area contributed by atoms with Gasteiger partial charge in [-0.15, -0.1) is 12.4 Å². The van der Waals surface area contributed by atoms with E-state index in [1.807, 2.05) is 31.2 Å². The van der Waals surface area contributed by atoms with Gasteiger partial charge in [-0.3, -0.25) is 4.79 Å². The number of rotatable bonds is 5. The van der Waals surface area contributed by atoms with Gasteiger partial charge in [0.25, 0.3) is 0 Å². The van der Waals surface area contributed by atoms with Crippen LogP contribution in [0.2, 0.25) is 0 Å². The van der Waals surface area contributed by atoms with Crippen LogP contribution in [0.4, 0.5) is 0 Å². The second-order valence-electron chi connectivity index (χ2n) is 4.31. The van der Waals surface area contributed by atoms with E-state index in [1.54, 1.807) is 0 Å². The topological polar surface area (TPSA) is 50.4 Å². The minimum absolute atomic E-state index is 0. The van der Waals surface area contributed by atoms with E-state index in [0.29, 0.717) is 13.2 Å². The van der Waals surface area contributed by atoms with E-state index in [-0.39, 0.29) is 24.2 Å². The first kappa shape index (κ1) is 14.8. The third-order valence-electron chi connectivity index (χ3n) is 2.84. The first-order chi connectivity index (χ1) is 8.25. The van der Waals surface area contributed by atoms with E-state index in [1.165, 1.54) is 5.56 Å². The summed E-state index contributed by atoms with van der Waals surface area (Å²) in [5.74, 6) is 1.11. The fraction of sp³-hybridized carbons (Fsp3) is 0.462. The Bertz CT molecular complexity index is 377. The summed E-state index contributed by atoms with van der Waals surface area (Å²) >= 11 is 0. The average molecular weight is 271 g/mol. The highest BCUT2D eigenvalue weighted by molar-refractivity contribution is 5.85. The number of hydrogen-bond donors (Lipinski definition) is 2. The Hall–Kier alpha value is -1.26. The largest absolute Gasteiger partial charge is 0.492 e. The van der Waals surface area contributed by atoms with Crippen LogP contribution in [0.25, 0.3) is 0 Å². The minimum Gasteiger partial charge on any atom is -0.492 e. The standard InChI is InChI=1S/C13H18N2O2.ClH/c1-10-2-4-12(5-3-10)17-7-6-15-13(16)11-8-14-9-11;/h2-5,11,14H,6-9H2,1H3,(H,15,16);1H. The molecule has 18 heavy (non-hydrogen) atoms. The van der Waals surface area contributed by atoms with Crippen molar-refractivity contribution in [2.24, 2.45) is 5.92 Å². The lowest BCUT2D eigenvalue weighted by Crippen LogP contribution is -2.51. The van der Waals surface area contributed by atoms with Crippen molar-refractivity contribution in [2.45, 2.75) is 6.92 Å². The van der Waals surface area contributed by atoms with Crippen LogP contribution < -0.4 is 15.4 Å². The van der Waals surface area contributed by atoms with Crippen LogP contribution in [0.5, 0.6) is 5.75 Å². The molecule has 0 radical (unpaired) electrons. The lowest BCUT2D eigenvalue weighted by molar-refractivity contribution is -0.126. The van der Waals surface area contributed by atoms with Crippen LogP contribution in [0.15, 0.2) is 24.3 Å². The van der Waals surface area contributed by atoms with Gasteiger partial charge in [-0.2, -0.15) is 0 Å². The van der Waals surface area contributed by atoms with Gasteiger partial charge >= 0.3 is 0 Å².